The smallest absolute Gasteiger partial charge is 0.354 e. The first kappa shape index (κ1) is 25.2. The predicted molar refractivity (Wildman–Crippen MR) is 137 cm³/mol. The SMILES string of the molecule is COC(=O)[C@@H](C)Cn1c(=O)nc(Nc2ccc(OC(C)C)cc2)n(Cc2ccc(C3CC3)cc2)c1=O. The van der Waals surface area contributed by atoms with Crippen molar-refractivity contribution in [1.82, 2.24) is 14.1 Å². The number of nitrogens with one attached hydrogen (secondary N) is 1. The van der Waals surface area contributed by atoms with Crippen LogP contribution in [0.4, 0.5) is 11.6 Å². The van der Waals surface area contributed by atoms with E-state index < -0.39 is 23.3 Å². The maximum atomic E-state index is 13.5. The van der Waals surface area contributed by atoms with E-state index >= 15 is 0 Å². The van der Waals surface area contributed by atoms with Gasteiger partial charge in [-0.2, -0.15) is 4.98 Å². The number of methoxy groups -OCH3 is 1. The van der Waals surface area contributed by atoms with Crippen molar-refractivity contribution in [2.24, 2.45) is 5.92 Å². The summed E-state index contributed by atoms with van der Waals surface area (Å²) in [6.07, 6.45) is 2.46. The van der Waals surface area contributed by atoms with Crippen LogP contribution in [0.5, 0.6) is 5.75 Å². The fourth-order valence-corrected chi connectivity index (χ4v) is 3.99. The van der Waals surface area contributed by atoms with Crippen LogP contribution in [-0.4, -0.2) is 33.3 Å². The fraction of sp³-hybridized carbons (Fsp3) is 0.407. The number of benzene rings is 2. The molecule has 2 aromatic carbocycles. The van der Waals surface area contributed by atoms with Crippen molar-refractivity contribution in [3.05, 3.63) is 80.6 Å². The molecule has 0 aliphatic heterocycles. The van der Waals surface area contributed by atoms with Crippen LogP contribution in [0.25, 0.3) is 0 Å². The number of ether oxygens (including phenoxy) is 2. The van der Waals surface area contributed by atoms with E-state index in [9.17, 15) is 14.4 Å². The molecule has 3 aromatic rings. The quantitative estimate of drug-likeness (QED) is 0.431. The Kier molecular flexibility index (Phi) is 7.57. The highest BCUT2D eigenvalue weighted by Crippen LogP contribution is 2.39. The molecule has 9 nitrogen and oxygen atoms in total. The van der Waals surface area contributed by atoms with Crippen molar-refractivity contribution in [1.29, 1.82) is 0 Å². The van der Waals surface area contributed by atoms with E-state index in [1.54, 1.807) is 31.2 Å². The third kappa shape index (κ3) is 6.02. The minimum absolute atomic E-state index is 0.0435. The van der Waals surface area contributed by atoms with Gasteiger partial charge in [0.1, 0.15) is 5.75 Å². The molecule has 9 heteroatoms. The van der Waals surface area contributed by atoms with Gasteiger partial charge < -0.3 is 14.8 Å². The summed E-state index contributed by atoms with van der Waals surface area (Å²) in [5.41, 5.74) is 1.55. The Labute approximate surface area is 209 Å². The molecule has 0 unspecified atom stereocenters. The van der Waals surface area contributed by atoms with Crippen LogP contribution >= 0.6 is 0 Å². The first-order valence-corrected chi connectivity index (χ1v) is 12.2. The van der Waals surface area contributed by atoms with E-state index in [1.807, 2.05) is 26.0 Å². The van der Waals surface area contributed by atoms with Crippen molar-refractivity contribution in [3.8, 4) is 5.75 Å². The Morgan fingerprint density at radius 2 is 1.69 bits per heavy atom. The highest BCUT2D eigenvalue weighted by atomic mass is 16.5. The molecule has 1 atom stereocenters. The molecule has 0 saturated heterocycles. The number of nitrogens with zero attached hydrogens (tertiary/aromatic N) is 3. The van der Waals surface area contributed by atoms with E-state index in [-0.39, 0.29) is 25.1 Å². The van der Waals surface area contributed by atoms with Crippen LogP contribution in [0.15, 0.2) is 58.1 Å². The van der Waals surface area contributed by atoms with E-state index in [1.165, 1.54) is 30.1 Å². The van der Waals surface area contributed by atoms with Crippen molar-refractivity contribution >= 4 is 17.6 Å². The molecular weight excluding hydrogens is 460 g/mol. The number of anilines is 2. The molecule has 0 spiro atoms. The normalized spacial score (nSPS) is 13.9. The monoisotopic (exact) mass is 492 g/mol. The second-order valence-electron chi connectivity index (χ2n) is 9.45. The fourth-order valence-electron chi connectivity index (χ4n) is 3.99. The first-order valence-electron chi connectivity index (χ1n) is 12.2. The molecule has 1 aliphatic carbocycles. The van der Waals surface area contributed by atoms with Gasteiger partial charge in [-0.3, -0.25) is 9.36 Å². The second-order valence-corrected chi connectivity index (χ2v) is 9.45. The minimum atomic E-state index is -0.738. The molecular formula is C27H32N4O5. The second kappa shape index (κ2) is 10.8. The third-order valence-corrected chi connectivity index (χ3v) is 6.06. The van der Waals surface area contributed by atoms with Crippen molar-refractivity contribution < 1.29 is 14.3 Å². The molecule has 0 radical (unpaired) electrons. The number of carbonyl (C=O) groups excluding carboxylic acids is 1. The lowest BCUT2D eigenvalue weighted by Gasteiger charge is -2.17. The van der Waals surface area contributed by atoms with E-state index in [0.717, 1.165) is 10.1 Å². The number of carbonyl (C=O) groups is 1. The lowest BCUT2D eigenvalue weighted by molar-refractivity contribution is -0.145. The zero-order valence-corrected chi connectivity index (χ0v) is 21.1. The molecule has 1 fully saturated rings. The van der Waals surface area contributed by atoms with Crippen LogP contribution in [0.1, 0.15) is 50.7 Å². The number of esters is 1. The zero-order valence-electron chi connectivity index (χ0n) is 21.1. The van der Waals surface area contributed by atoms with Gasteiger partial charge in [0.2, 0.25) is 5.95 Å². The van der Waals surface area contributed by atoms with E-state index in [0.29, 0.717) is 17.4 Å². The maximum Gasteiger partial charge on any atom is 0.354 e. The third-order valence-electron chi connectivity index (χ3n) is 6.06. The summed E-state index contributed by atoms with van der Waals surface area (Å²) in [6.45, 7) is 5.58. The number of aromatic nitrogens is 3. The summed E-state index contributed by atoms with van der Waals surface area (Å²) in [6, 6.07) is 15.4. The van der Waals surface area contributed by atoms with E-state index in [4.69, 9.17) is 9.47 Å². The standard InChI is InChI=1S/C27H32N4O5/c1-17(2)36-23-13-11-22(12-14-23)28-25-29-26(33)31(15-18(3)24(32)35-4)27(34)30(25)16-19-5-7-20(8-6-19)21-9-10-21/h5-8,11-14,17-18,21H,9-10,15-16H2,1-4H3,(H,28,29,33)/t18-/m0/s1. The number of rotatable bonds is 10. The lowest BCUT2D eigenvalue weighted by Crippen LogP contribution is -2.44. The molecule has 190 valence electrons. The Balaban J connectivity index is 1.68. The topological polar surface area (TPSA) is 104 Å². The van der Waals surface area contributed by atoms with Gasteiger partial charge in [-0.1, -0.05) is 31.2 Å². The molecule has 0 bridgehead atoms. The maximum absolute atomic E-state index is 13.5. The number of hydrogen-bond donors (Lipinski definition) is 1. The van der Waals surface area contributed by atoms with Crippen molar-refractivity contribution in [2.45, 2.75) is 58.7 Å². The van der Waals surface area contributed by atoms with Crippen LogP contribution in [0.2, 0.25) is 0 Å². The highest BCUT2D eigenvalue weighted by molar-refractivity contribution is 5.71. The molecule has 1 saturated carbocycles. The molecule has 0 amide bonds. The Morgan fingerprint density at radius 1 is 1.03 bits per heavy atom. The summed E-state index contributed by atoms with van der Waals surface area (Å²) in [4.78, 5) is 42.4. The van der Waals surface area contributed by atoms with Gasteiger partial charge in [0.15, 0.2) is 0 Å². The largest absolute Gasteiger partial charge is 0.491 e. The van der Waals surface area contributed by atoms with Gasteiger partial charge in [0, 0.05) is 12.2 Å². The summed E-state index contributed by atoms with van der Waals surface area (Å²) >= 11 is 0. The summed E-state index contributed by atoms with van der Waals surface area (Å²) in [5.74, 6) is 0.278. The van der Waals surface area contributed by atoms with Gasteiger partial charge in [0.05, 0.1) is 25.7 Å². The molecule has 1 heterocycles. The first-order chi connectivity index (χ1) is 17.2. The Morgan fingerprint density at radius 3 is 2.28 bits per heavy atom. The number of hydrogen-bond acceptors (Lipinski definition) is 7. The summed E-state index contributed by atoms with van der Waals surface area (Å²) < 4.78 is 12.8. The molecule has 36 heavy (non-hydrogen) atoms. The van der Waals surface area contributed by atoms with Crippen LogP contribution < -0.4 is 21.4 Å². The van der Waals surface area contributed by atoms with Crippen molar-refractivity contribution in [3.63, 3.8) is 0 Å². The lowest BCUT2D eigenvalue weighted by atomic mass is 10.1. The molecule has 1 N–H and O–H groups in total. The van der Waals surface area contributed by atoms with Crippen LogP contribution in [0, 0.1) is 5.92 Å². The highest BCUT2D eigenvalue weighted by Gasteiger charge is 2.23. The van der Waals surface area contributed by atoms with Crippen LogP contribution in [-0.2, 0) is 22.6 Å². The minimum Gasteiger partial charge on any atom is -0.491 e. The van der Waals surface area contributed by atoms with Gasteiger partial charge in [-0.05, 0) is 68.0 Å². The average Bonchev–Trinajstić information content (AvgIpc) is 3.70. The van der Waals surface area contributed by atoms with E-state index in [2.05, 4.69) is 22.4 Å². The zero-order chi connectivity index (χ0) is 25.8. The molecule has 4 rings (SSSR count). The summed E-state index contributed by atoms with van der Waals surface area (Å²) in [5, 5.41) is 3.10. The Hall–Kier alpha value is -3.88. The molecule has 1 aliphatic rings. The summed E-state index contributed by atoms with van der Waals surface area (Å²) in [7, 11) is 1.27. The van der Waals surface area contributed by atoms with Gasteiger partial charge in [0.25, 0.3) is 0 Å². The van der Waals surface area contributed by atoms with Crippen LogP contribution in [0.3, 0.4) is 0 Å². The molecule has 1 aromatic heterocycles. The van der Waals surface area contributed by atoms with Gasteiger partial charge in [-0.25, -0.2) is 14.2 Å². The van der Waals surface area contributed by atoms with Gasteiger partial charge >= 0.3 is 17.3 Å². The van der Waals surface area contributed by atoms with Gasteiger partial charge in [-0.15, -0.1) is 0 Å². The average molecular weight is 493 g/mol. The van der Waals surface area contributed by atoms with Crippen molar-refractivity contribution in [2.75, 3.05) is 12.4 Å². The Bertz CT molecular complexity index is 1320. The predicted octanol–water partition coefficient (Wildman–Crippen LogP) is 3.67.